The van der Waals surface area contributed by atoms with Crippen LogP contribution in [0.15, 0.2) is 109 Å². The van der Waals surface area contributed by atoms with Gasteiger partial charge in [-0.3, -0.25) is 0 Å². The average Bonchev–Trinajstić information content (AvgIpc) is 3.58. The molecule has 12 heteroatoms. The van der Waals surface area contributed by atoms with E-state index in [-0.39, 0.29) is 37.9 Å². The van der Waals surface area contributed by atoms with Gasteiger partial charge in [0.15, 0.2) is 5.60 Å². The molecular formula is C50H50Cl4N4O4. The minimum Gasteiger partial charge on any atom is -0.491 e. The molecule has 3 heterocycles. The summed E-state index contributed by atoms with van der Waals surface area (Å²) in [5, 5.41) is 6.91. The van der Waals surface area contributed by atoms with Crippen LogP contribution in [0, 0.1) is 0 Å². The quantitative estimate of drug-likeness (QED) is 0.0728. The van der Waals surface area contributed by atoms with Crippen molar-refractivity contribution in [3.8, 4) is 11.5 Å². The number of hydrogen-bond acceptors (Lipinski definition) is 8. The zero-order valence-corrected chi connectivity index (χ0v) is 38.3. The standard InChI is InChI=1S/C50H50Cl4N4O4/c1-31(2)60-39-17-9-35(10-18-39)41(33-5-13-37(14-6-33)57-25-21-55-22-26-57)29-50(44-43(49(59)62-50)45(51)47(53)48(54)46(44)52)30-42(36-11-19-40(20-12-36)61-32(3)4)34-7-15-38(16-8-34)58-27-23-56-24-28-58/h5-20,29-32,55-56H,21-28H2,1-4H3. The molecule has 62 heavy (non-hydrogen) atoms. The second-order valence-electron chi connectivity index (χ2n) is 16.3. The van der Waals surface area contributed by atoms with Crippen molar-refractivity contribution < 1.29 is 19.0 Å². The molecule has 3 aliphatic rings. The first-order chi connectivity index (χ1) is 29.9. The molecule has 0 amide bonds. The minimum absolute atomic E-state index is 0.00461. The van der Waals surface area contributed by atoms with Gasteiger partial charge in [-0.15, -0.1) is 0 Å². The molecule has 0 aliphatic carbocycles. The number of nitrogens with zero attached hydrogens (tertiary/aromatic N) is 2. The first kappa shape index (κ1) is 44.0. The Morgan fingerprint density at radius 2 is 0.919 bits per heavy atom. The van der Waals surface area contributed by atoms with Crippen LogP contribution in [0.3, 0.4) is 0 Å². The number of hydrogen-bond donors (Lipinski definition) is 2. The molecule has 2 N–H and O–H groups in total. The summed E-state index contributed by atoms with van der Waals surface area (Å²) in [6.45, 7) is 15.3. The summed E-state index contributed by atoms with van der Waals surface area (Å²) in [5.74, 6) is 0.787. The number of esters is 1. The Labute approximate surface area is 384 Å². The van der Waals surface area contributed by atoms with Crippen LogP contribution in [-0.2, 0) is 10.3 Å². The number of rotatable bonds is 12. The number of carbonyl (C=O) groups is 1. The van der Waals surface area contributed by atoms with Crippen LogP contribution in [0.5, 0.6) is 11.5 Å². The number of halogens is 4. The number of cyclic esters (lactones) is 1. The van der Waals surface area contributed by atoms with Crippen molar-refractivity contribution in [2.45, 2.75) is 45.5 Å². The number of benzene rings is 5. The number of piperazine rings is 2. The van der Waals surface area contributed by atoms with Gasteiger partial charge in [-0.2, -0.15) is 0 Å². The van der Waals surface area contributed by atoms with Crippen LogP contribution < -0.4 is 29.9 Å². The van der Waals surface area contributed by atoms with E-state index in [1.165, 1.54) is 0 Å². The highest BCUT2D eigenvalue weighted by atomic mass is 35.5. The normalized spacial score (nSPS) is 18.3. The average molecular weight is 913 g/mol. The third-order valence-electron chi connectivity index (χ3n) is 11.2. The van der Waals surface area contributed by atoms with Gasteiger partial charge in [0.25, 0.3) is 0 Å². The van der Waals surface area contributed by atoms with Crippen molar-refractivity contribution in [1.82, 2.24) is 10.6 Å². The van der Waals surface area contributed by atoms with Gasteiger partial charge < -0.3 is 34.6 Å². The third kappa shape index (κ3) is 9.33. The van der Waals surface area contributed by atoms with Gasteiger partial charge in [0, 0.05) is 69.3 Å². The monoisotopic (exact) mass is 910 g/mol. The molecule has 322 valence electrons. The van der Waals surface area contributed by atoms with Crippen LogP contribution in [0.1, 0.15) is 65.9 Å². The fraction of sp³-hybridized carbons (Fsp3) is 0.300. The van der Waals surface area contributed by atoms with E-state index < -0.39 is 11.6 Å². The van der Waals surface area contributed by atoms with E-state index in [4.69, 9.17) is 60.6 Å². The van der Waals surface area contributed by atoms with Gasteiger partial charge in [-0.05, 0) is 122 Å². The molecule has 0 atom stereocenters. The molecule has 5 aromatic rings. The van der Waals surface area contributed by atoms with Crippen molar-refractivity contribution in [3.63, 3.8) is 0 Å². The van der Waals surface area contributed by atoms with E-state index in [1.54, 1.807) is 0 Å². The molecule has 0 aromatic heterocycles. The predicted molar refractivity (Wildman–Crippen MR) is 255 cm³/mol. The Hall–Kier alpha value is -4.67. The van der Waals surface area contributed by atoms with E-state index in [0.29, 0.717) is 5.56 Å². The van der Waals surface area contributed by atoms with Crippen LogP contribution >= 0.6 is 46.4 Å². The van der Waals surface area contributed by atoms with Gasteiger partial charge in [-0.1, -0.05) is 94.9 Å². The summed E-state index contributed by atoms with van der Waals surface area (Å²) < 4.78 is 18.8. The fourth-order valence-corrected chi connectivity index (χ4v) is 9.38. The molecule has 8 nitrogen and oxygen atoms in total. The maximum absolute atomic E-state index is 14.4. The van der Waals surface area contributed by atoms with Crippen molar-refractivity contribution in [1.29, 1.82) is 0 Å². The summed E-state index contributed by atoms with van der Waals surface area (Å²) in [4.78, 5) is 19.1. The molecule has 0 unspecified atom stereocenters. The van der Waals surface area contributed by atoms with Gasteiger partial charge in [0.05, 0.1) is 37.9 Å². The lowest BCUT2D eigenvalue weighted by molar-refractivity contribution is 0.0300. The van der Waals surface area contributed by atoms with Crippen molar-refractivity contribution >= 4 is 74.9 Å². The maximum atomic E-state index is 14.4. The lowest BCUT2D eigenvalue weighted by Crippen LogP contribution is -2.43. The predicted octanol–water partition coefficient (Wildman–Crippen LogP) is 11.3. The molecule has 2 saturated heterocycles. The van der Waals surface area contributed by atoms with Gasteiger partial charge in [0.1, 0.15) is 11.5 Å². The van der Waals surface area contributed by atoms with Crippen LogP contribution in [0.25, 0.3) is 11.1 Å². The summed E-state index contributed by atoms with van der Waals surface area (Å²) in [5.41, 5.74) is 5.98. The number of ether oxygens (including phenoxy) is 3. The smallest absolute Gasteiger partial charge is 0.341 e. The molecule has 0 radical (unpaired) electrons. The Kier molecular flexibility index (Phi) is 13.5. The van der Waals surface area contributed by atoms with Crippen LogP contribution in [-0.4, -0.2) is 70.5 Å². The first-order valence-corrected chi connectivity index (χ1v) is 22.6. The second-order valence-corrected chi connectivity index (χ2v) is 17.8. The number of anilines is 2. The Morgan fingerprint density at radius 3 is 1.29 bits per heavy atom. The Morgan fingerprint density at radius 1 is 0.565 bits per heavy atom. The number of fused-ring (bicyclic) bond motifs is 1. The van der Waals surface area contributed by atoms with Crippen molar-refractivity contribution in [3.05, 3.63) is 163 Å². The second kappa shape index (κ2) is 19.0. The van der Waals surface area contributed by atoms with E-state index in [1.807, 2.05) is 88.4 Å². The molecule has 2 fully saturated rings. The number of nitrogens with one attached hydrogen (secondary N) is 2. The molecule has 8 rings (SSSR count). The number of carbonyl (C=O) groups excluding carboxylic acids is 1. The third-order valence-corrected chi connectivity index (χ3v) is 13.0. The lowest BCUT2D eigenvalue weighted by Gasteiger charge is -2.30. The van der Waals surface area contributed by atoms with Crippen molar-refractivity contribution in [2.24, 2.45) is 0 Å². The summed E-state index contributed by atoms with van der Waals surface area (Å²) in [6, 6.07) is 32.8. The zero-order chi connectivity index (χ0) is 43.5. The summed E-state index contributed by atoms with van der Waals surface area (Å²) in [6.07, 6.45) is 3.89. The van der Waals surface area contributed by atoms with E-state index in [0.717, 1.165) is 109 Å². The molecular weight excluding hydrogens is 862 g/mol. The van der Waals surface area contributed by atoms with Gasteiger partial charge in [-0.25, -0.2) is 4.79 Å². The van der Waals surface area contributed by atoms with Crippen LogP contribution in [0.2, 0.25) is 20.1 Å². The van der Waals surface area contributed by atoms with Crippen molar-refractivity contribution in [2.75, 3.05) is 62.2 Å². The molecule has 0 bridgehead atoms. The summed E-state index contributed by atoms with van der Waals surface area (Å²) >= 11 is 27.7. The highest BCUT2D eigenvalue weighted by Crippen LogP contribution is 2.53. The fourth-order valence-electron chi connectivity index (χ4n) is 8.31. The lowest BCUT2D eigenvalue weighted by atomic mass is 9.83. The Bertz CT molecular complexity index is 2330. The van der Waals surface area contributed by atoms with Crippen LogP contribution in [0.4, 0.5) is 11.4 Å². The topological polar surface area (TPSA) is 75.3 Å². The molecule has 5 aromatic carbocycles. The van der Waals surface area contributed by atoms with E-state index in [2.05, 4.69) is 69.0 Å². The molecule has 0 saturated carbocycles. The zero-order valence-electron chi connectivity index (χ0n) is 35.2. The summed E-state index contributed by atoms with van der Waals surface area (Å²) in [7, 11) is 0. The highest BCUT2D eigenvalue weighted by molar-refractivity contribution is 6.53. The van der Waals surface area contributed by atoms with E-state index >= 15 is 0 Å². The highest BCUT2D eigenvalue weighted by Gasteiger charge is 2.48. The van der Waals surface area contributed by atoms with Gasteiger partial charge in [0.2, 0.25) is 0 Å². The largest absolute Gasteiger partial charge is 0.491 e. The Balaban J connectivity index is 1.38. The van der Waals surface area contributed by atoms with E-state index in [9.17, 15) is 4.79 Å². The van der Waals surface area contributed by atoms with Gasteiger partial charge >= 0.3 is 5.97 Å². The SMILES string of the molecule is CC(C)Oc1ccc(C(=CC2(C=C(c3ccc(OC(C)C)cc3)c3ccc(N4CCNCC4)cc3)OC(=O)c3c(Cl)c(Cl)c(Cl)c(Cl)c32)c2ccc(N3CCNCC3)cc2)cc1. The first-order valence-electron chi connectivity index (χ1n) is 21.1. The minimum atomic E-state index is -1.65. The molecule has 0 spiro atoms. The molecule has 3 aliphatic heterocycles. The maximum Gasteiger partial charge on any atom is 0.341 e.